The van der Waals surface area contributed by atoms with Crippen LogP contribution in [0.5, 0.6) is 0 Å². The highest BCUT2D eigenvalue weighted by Crippen LogP contribution is 2.30. The molecule has 0 N–H and O–H groups in total. The van der Waals surface area contributed by atoms with Crippen molar-refractivity contribution in [3.8, 4) is 0 Å². The van der Waals surface area contributed by atoms with Crippen LogP contribution >= 0.6 is 11.3 Å². The number of nitrogens with zero attached hydrogens (tertiary/aromatic N) is 5. The topological polar surface area (TPSA) is 61.7 Å². The molecule has 8 heteroatoms. The van der Waals surface area contributed by atoms with Gasteiger partial charge < -0.3 is 14.4 Å². The first-order chi connectivity index (χ1) is 16.1. The van der Waals surface area contributed by atoms with Crippen LogP contribution in [0.2, 0.25) is 0 Å². The SMILES string of the molecule is Cn1c2ccccc2c2cc(C(=O)N3CC(N4CCN(C(=O)c5nccs5)CC4)C3)ccc21. The highest BCUT2D eigenvalue weighted by Gasteiger charge is 2.37. The molecule has 4 aromatic rings. The monoisotopic (exact) mass is 459 g/mol. The number of rotatable bonds is 3. The van der Waals surface area contributed by atoms with Gasteiger partial charge >= 0.3 is 0 Å². The van der Waals surface area contributed by atoms with E-state index in [9.17, 15) is 9.59 Å². The molecule has 4 heterocycles. The van der Waals surface area contributed by atoms with Gasteiger partial charge in [0.05, 0.1) is 0 Å². The van der Waals surface area contributed by atoms with Gasteiger partial charge in [-0.3, -0.25) is 14.5 Å². The fourth-order valence-corrected chi connectivity index (χ4v) is 5.69. The van der Waals surface area contributed by atoms with Crippen molar-refractivity contribution in [2.24, 2.45) is 7.05 Å². The molecule has 2 aliphatic rings. The second-order valence-electron chi connectivity index (χ2n) is 8.84. The lowest BCUT2D eigenvalue weighted by Gasteiger charge is -2.48. The van der Waals surface area contributed by atoms with Gasteiger partial charge in [-0.15, -0.1) is 11.3 Å². The summed E-state index contributed by atoms with van der Waals surface area (Å²) in [4.78, 5) is 36.0. The summed E-state index contributed by atoms with van der Waals surface area (Å²) in [6.45, 7) is 4.58. The maximum absolute atomic E-state index is 13.2. The lowest BCUT2D eigenvalue weighted by molar-refractivity contribution is 0.00854. The highest BCUT2D eigenvalue weighted by atomic mass is 32.1. The third-order valence-corrected chi connectivity index (χ3v) is 7.80. The number of likely N-dealkylation sites (tertiary alicyclic amines) is 1. The van der Waals surface area contributed by atoms with E-state index in [2.05, 4.69) is 39.7 Å². The Kier molecular flexibility index (Phi) is 4.92. The first kappa shape index (κ1) is 20.4. The van der Waals surface area contributed by atoms with Crippen LogP contribution in [0.3, 0.4) is 0 Å². The van der Waals surface area contributed by atoms with Crippen LogP contribution in [0.4, 0.5) is 0 Å². The summed E-state index contributed by atoms with van der Waals surface area (Å²) < 4.78 is 2.18. The Labute approximate surface area is 195 Å². The number of hydrogen-bond donors (Lipinski definition) is 0. The van der Waals surface area contributed by atoms with Crippen molar-refractivity contribution >= 4 is 45.0 Å². The van der Waals surface area contributed by atoms with Crippen molar-refractivity contribution in [2.75, 3.05) is 39.3 Å². The molecule has 2 saturated heterocycles. The third kappa shape index (κ3) is 3.41. The first-order valence-corrected chi connectivity index (χ1v) is 12.2. The number of para-hydroxylation sites is 1. The maximum atomic E-state index is 13.2. The molecule has 2 fully saturated rings. The fraction of sp³-hybridized carbons (Fsp3) is 0.320. The summed E-state index contributed by atoms with van der Waals surface area (Å²) in [7, 11) is 2.07. The zero-order valence-electron chi connectivity index (χ0n) is 18.5. The van der Waals surface area contributed by atoms with E-state index in [0.717, 1.165) is 42.6 Å². The molecule has 168 valence electrons. The summed E-state index contributed by atoms with van der Waals surface area (Å²) in [5.74, 6) is 0.123. The molecule has 0 radical (unpaired) electrons. The highest BCUT2D eigenvalue weighted by molar-refractivity contribution is 7.11. The van der Waals surface area contributed by atoms with E-state index in [1.807, 2.05) is 39.4 Å². The van der Waals surface area contributed by atoms with Gasteiger partial charge in [0.25, 0.3) is 11.8 Å². The summed E-state index contributed by atoms with van der Waals surface area (Å²) in [5, 5.41) is 4.70. The number of benzene rings is 2. The minimum Gasteiger partial charge on any atom is -0.344 e. The molecule has 2 aromatic carbocycles. The van der Waals surface area contributed by atoms with Crippen LogP contribution in [0.25, 0.3) is 21.8 Å². The van der Waals surface area contributed by atoms with Crippen LogP contribution < -0.4 is 0 Å². The largest absolute Gasteiger partial charge is 0.344 e. The van der Waals surface area contributed by atoms with E-state index in [0.29, 0.717) is 24.1 Å². The lowest BCUT2D eigenvalue weighted by atomic mass is 10.0. The lowest BCUT2D eigenvalue weighted by Crippen LogP contribution is -2.64. The maximum Gasteiger partial charge on any atom is 0.282 e. The van der Waals surface area contributed by atoms with Gasteiger partial charge in [0.1, 0.15) is 0 Å². The molecule has 0 unspecified atom stereocenters. The molecule has 0 spiro atoms. The minimum absolute atomic E-state index is 0.0268. The molecule has 0 saturated carbocycles. The Morgan fingerprint density at radius 2 is 1.67 bits per heavy atom. The van der Waals surface area contributed by atoms with E-state index in [4.69, 9.17) is 0 Å². The number of piperazine rings is 1. The molecule has 7 nitrogen and oxygen atoms in total. The summed E-state index contributed by atoms with van der Waals surface area (Å²) in [5.41, 5.74) is 3.06. The van der Waals surface area contributed by atoms with Crippen LogP contribution in [0, 0.1) is 0 Å². The Bertz CT molecular complexity index is 1350. The smallest absolute Gasteiger partial charge is 0.282 e. The standard InChI is InChI=1S/C25H25N5O2S/c1-27-21-5-3-2-4-19(21)20-14-17(6-7-22(20)27)24(31)30-15-18(16-30)28-9-11-29(12-10-28)25(32)23-26-8-13-33-23/h2-8,13-14,18H,9-12,15-16H2,1H3. The van der Waals surface area contributed by atoms with Crippen LogP contribution in [-0.4, -0.2) is 81.4 Å². The average molecular weight is 460 g/mol. The second kappa shape index (κ2) is 7.97. The van der Waals surface area contributed by atoms with Gasteiger partial charge in [-0.05, 0) is 24.3 Å². The third-order valence-electron chi connectivity index (χ3n) is 7.04. The number of aryl methyl sites for hydroxylation is 1. The normalized spacial score (nSPS) is 17.6. The number of thiazole rings is 1. The van der Waals surface area contributed by atoms with Gasteiger partial charge in [-0.25, -0.2) is 4.98 Å². The summed E-state index contributed by atoms with van der Waals surface area (Å²) in [6, 6.07) is 14.7. The van der Waals surface area contributed by atoms with Gasteiger partial charge in [-0.2, -0.15) is 0 Å². The molecular weight excluding hydrogens is 434 g/mol. The van der Waals surface area contributed by atoms with Gasteiger partial charge in [0.15, 0.2) is 5.01 Å². The zero-order chi connectivity index (χ0) is 22.5. The van der Waals surface area contributed by atoms with Crippen LogP contribution in [0.15, 0.2) is 54.0 Å². The Balaban J connectivity index is 1.10. The predicted molar refractivity (Wildman–Crippen MR) is 130 cm³/mol. The summed E-state index contributed by atoms with van der Waals surface area (Å²) in [6.07, 6.45) is 1.67. The summed E-state index contributed by atoms with van der Waals surface area (Å²) >= 11 is 1.39. The molecule has 0 bridgehead atoms. The van der Waals surface area contributed by atoms with E-state index in [-0.39, 0.29) is 11.8 Å². The zero-order valence-corrected chi connectivity index (χ0v) is 19.3. The average Bonchev–Trinajstić information content (AvgIpc) is 3.46. The van der Waals surface area contributed by atoms with Crippen LogP contribution in [0.1, 0.15) is 20.2 Å². The van der Waals surface area contributed by atoms with Crippen molar-refractivity contribution in [3.05, 3.63) is 64.6 Å². The molecule has 33 heavy (non-hydrogen) atoms. The number of carbonyl (C=O) groups excluding carboxylic acids is 2. The van der Waals surface area contributed by atoms with Crippen LogP contribution in [-0.2, 0) is 7.05 Å². The molecular formula is C25H25N5O2S. The molecule has 0 aliphatic carbocycles. The second-order valence-corrected chi connectivity index (χ2v) is 9.73. The van der Waals surface area contributed by atoms with Crippen molar-refractivity contribution in [1.82, 2.24) is 24.3 Å². The van der Waals surface area contributed by atoms with Gasteiger partial charge in [0.2, 0.25) is 0 Å². The Morgan fingerprint density at radius 3 is 2.42 bits per heavy atom. The van der Waals surface area contributed by atoms with E-state index >= 15 is 0 Å². The van der Waals surface area contributed by atoms with Crippen molar-refractivity contribution in [1.29, 1.82) is 0 Å². The number of fused-ring (bicyclic) bond motifs is 3. The number of carbonyl (C=O) groups is 2. The number of aromatic nitrogens is 2. The number of hydrogen-bond acceptors (Lipinski definition) is 5. The van der Waals surface area contributed by atoms with Crippen molar-refractivity contribution < 1.29 is 9.59 Å². The molecule has 6 rings (SSSR count). The van der Waals surface area contributed by atoms with Crippen molar-refractivity contribution in [3.63, 3.8) is 0 Å². The van der Waals surface area contributed by atoms with E-state index in [1.165, 1.54) is 22.2 Å². The van der Waals surface area contributed by atoms with E-state index in [1.54, 1.807) is 6.20 Å². The Morgan fingerprint density at radius 1 is 0.909 bits per heavy atom. The molecule has 2 aromatic heterocycles. The van der Waals surface area contributed by atoms with E-state index < -0.39 is 0 Å². The number of amides is 2. The van der Waals surface area contributed by atoms with Crippen molar-refractivity contribution in [2.45, 2.75) is 6.04 Å². The predicted octanol–water partition coefficient (Wildman–Crippen LogP) is 3.07. The minimum atomic E-state index is 0.0268. The molecule has 0 atom stereocenters. The first-order valence-electron chi connectivity index (χ1n) is 11.3. The fourth-order valence-electron chi connectivity index (χ4n) is 5.09. The quantitative estimate of drug-likeness (QED) is 0.473. The molecule has 2 aliphatic heterocycles. The Hall–Kier alpha value is -3.23. The van der Waals surface area contributed by atoms with Gasteiger partial charge in [-0.1, -0.05) is 18.2 Å². The molecule has 2 amide bonds. The van der Waals surface area contributed by atoms with Gasteiger partial charge in [0, 0.05) is 91.3 Å².